The third-order valence-electron chi connectivity index (χ3n) is 6.99. The fraction of sp³-hybridized carbons (Fsp3) is 0.643. The summed E-state index contributed by atoms with van der Waals surface area (Å²) in [5.41, 5.74) is -5.38. The van der Waals surface area contributed by atoms with Crippen LogP contribution in [0.1, 0.15) is 82.0 Å². The molecule has 0 N–H and O–H groups in total. The maximum atomic E-state index is 14.5. The van der Waals surface area contributed by atoms with Crippen molar-refractivity contribution in [3.8, 4) is 11.5 Å². The van der Waals surface area contributed by atoms with Crippen LogP contribution in [0.5, 0.6) is 11.5 Å². The van der Waals surface area contributed by atoms with Gasteiger partial charge in [0.2, 0.25) is 0 Å². The highest BCUT2D eigenvalue weighted by Crippen LogP contribution is 2.55. The molecule has 0 fully saturated rings. The molecule has 0 aromatic heterocycles. The van der Waals surface area contributed by atoms with E-state index >= 15 is 0 Å². The zero-order valence-corrected chi connectivity index (χ0v) is 22.4. The minimum absolute atomic E-state index is 0.0970. The van der Waals surface area contributed by atoms with Crippen molar-refractivity contribution in [2.75, 3.05) is 6.61 Å². The summed E-state index contributed by atoms with van der Waals surface area (Å²) in [6, 6.07) is 1.42. The van der Waals surface area contributed by atoms with Gasteiger partial charge in [0, 0.05) is 35.3 Å². The molecule has 0 amide bonds. The number of fused-ring (bicyclic) bond motifs is 3. The van der Waals surface area contributed by atoms with Crippen molar-refractivity contribution in [3.05, 3.63) is 34.9 Å². The van der Waals surface area contributed by atoms with Crippen LogP contribution in [0.3, 0.4) is 0 Å². The van der Waals surface area contributed by atoms with E-state index in [1.165, 1.54) is 0 Å². The molecule has 1 aromatic rings. The third kappa shape index (κ3) is 7.16. The van der Waals surface area contributed by atoms with Gasteiger partial charge in [0.25, 0.3) is 0 Å². The zero-order valence-electron chi connectivity index (χ0n) is 31.4. The Kier molecular flexibility index (Phi) is 6.80. The average molecular weight is 682 g/mol. The van der Waals surface area contributed by atoms with Crippen molar-refractivity contribution in [2.24, 2.45) is 5.92 Å². The van der Waals surface area contributed by atoms with E-state index in [0.717, 1.165) is 6.07 Å². The second-order valence-electron chi connectivity index (χ2n) is 10.2. The Hall–Kier alpha value is -3.14. The molecule has 17 heteroatoms. The standard InChI is InChI=1S/C28H28F12O5/c1-4-5-6-7-14-10-18(44-22(42)25(31,32)26(33,34)28(38,39)40)20-16-12-15(21(41)43-13-24(29,30)27(35,36)37)8-9-17(16)23(2,3)45-19(20)11-14/h10-12,16-17H,4-9,13H2,1-3H3/i1D3,2D3,3D3. The van der Waals surface area contributed by atoms with Crippen LogP contribution in [0.2, 0.25) is 0 Å². The maximum Gasteiger partial charge on any atom is 0.460 e. The Morgan fingerprint density at radius 3 is 2.22 bits per heavy atom. The summed E-state index contributed by atoms with van der Waals surface area (Å²) in [4.78, 5) is 25.2. The van der Waals surface area contributed by atoms with Gasteiger partial charge < -0.3 is 14.2 Å². The van der Waals surface area contributed by atoms with Gasteiger partial charge in [0.05, 0.1) is 0 Å². The highest BCUT2D eigenvalue weighted by molar-refractivity contribution is 5.89. The van der Waals surface area contributed by atoms with Gasteiger partial charge in [-0.05, 0) is 57.1 Å². The SMILES string of the molecule is [2H]C([2H])([2H])CCCCc1cc(OC(=O)C(F)(F)C(F)(F)C(F)(F)F)c2c(c1)OC(C([2H])([2H])[2H])(C([2H])([2H])[2H])C1CCC(C(=O)OCC(F)(F)C(F)(F)F)=CC21. The number of ether oxygens (including phenoxy) is 3. The molecule has 1 aromatic carbocycles. The number of allylic oxidation sites excluding steroid dienone is 1. The topological polar surface area (TPSA) is 61.8 Å². The first-order valence-corrected chi connectivity index (χ1v) is 12.7. The van der Waals surface area contributed by atoms with Crippen molar-refractivity contribution in [3.63, 3.8) is 0 Å². The number of carbonyl (C=O) groups is 2. The second-order valence-corrected chi connectivity index (χ2v) is 10.2. The molecule has 3 rings (SSSR count). The minimum Gasteiger partial charge on any atom is -0.487 e. The number of benzene rings is 1. The molecule has 0 saturated carbocycles. The van der Waals surface area contributed by atoms with Gasteiger partial charge in [-0.1, -0.05) is 25.8 Å². The molecule has 0 radical (unpaired) electrons. The van der Waals surface area contributed by atoms with Gasteiger partial charge in [-0.15, -0.1) is 0 Å². The first-order chi connectivity index (χ1) is 24.0. The van der Waals surface area contributed by atoms with Gasteiger partial charge in [0.1, 0.15) is 17.1 Å². The second kappa shape index (κ2) is 12.2. The van der Waals surface area contributed by atoms with E-state index in [0.29, 0.717) is 12.1 Å². The number of unbranched alkanes of at least 4 members (excludes halogenated alkanes) is 1. The van der Waals surface area contributed by atoms with Crippen molar-refractivity contribution >= 4 is 11.9 Å². The van der Waals surface area contributed by atoms with E-state index < -0.39 is 129 Å². The fourth-order valence-electron chi connectivity index (χ4n) is 4.62. The lowest BCUT2D eigenvalue weighted by molar-refractivity contribution is -0.346. The van der Waals surface area contributed by atoms with E-state index in [1.807, 2.05) is 0 Å². The summed E-state index contributed by atoms with van der Waals surface area (Å²) in [6.07, 6.45) is -15.3. The Morgan fingerprint density at radius 1 is 0.978 bits per heavy atom. The molecule has 5 nitrogen and oxygen atoms in total. The van der Waals surface area contributed by atoms with Gasteiger partial charge >= 0.3 is 42.1 Å². The number of hydrogen-bond acceptors (Lipinski definition) is 5. The molecule has 0 spiro atoms. The Morgan fingerprint density at radius 2 is 1.64 bits per heavy atom. The lowest BCUT2D eigenvalue weighted by Gasteiger charge is -2.46. The van der Waals surface area contributed by atoms with Gasteiger partial charge in [-0.2, -0.15) is 52.7 Å². The van der Waals surface area contributed by atoms with Crippen LogP contribution in [0.25, 0.3) is 0 Å². The number of alkyl halides is 12. The number of esters is 2. The smallest absolute Gasteiger partial charge is 0.460 e. The zero-order chi connectivity index (χ0) is 41.9. The molecule has 2 atom stereocenters. The van der Waals surface area contributed by atoms with E-state index in [9.17, 15) is 62.3 Å². The van der Waals surface area contributed by atoms with Crippen LogP contribution >= 0.6 is 0 Å². The minimum atomic E-state index is -7.05. The predicted octanol–water partition coefficient (Wildman–Crippen LogP) is 8.49. The summed E-state index contributed by atoms with van der Waals surface area (Å²) in [7, 11) is 0. The molecule has 0 bridgehead atoms. The highest BCUT2D eigenvalue weighted by Gasteiger charge is 2.77. The Balaban J connectivity index is 2.31. The van der Waals surface area contributed by atoms with E-state index in [2.05, 4.69) is 9.47 Å². The predicted molar refractivity (Wildman–Crippen MR) is 131 cm³/mol. The normalized spacial score (nSPS) is 24.2. The Bertz CT molecular complexity index is 1600. The lowest BCUT2D eigenvalue weighted by atomic mass is 9.67. The van der Waals surface area contributed by atoms with Crippen LogP contribution < -0.4 is 9.47 Å². The molecule has 1 aliphatic heterocycles. The summed E-state index contributed by atoms with van der Waals surface area (Å²) < 4.78 is 245. The van der Waals surface area contributed by atoms with E-state index in [-0.39, 0.29) is 24.8 Å². The maximum absolute atomic E-state index is 14.5. The van der Waals surface area contributed by atoms with Crippen LogP contribution in [0, 0.1) is 5.92 Å². The average Bonchev–Trinajstić information content (AvgIpc) is 2.98. The van der Waals surface area contributed by atoms with Crippen LogP contribution in [0.15, 0.2) is 23.8 Å². The van der Waals surface area contributed by atoms with Gasteiger partial charge in [-0.3, -0.25) is 0 Å². The van der Waals surface area contributed by atoms with Crippen molar-refractivity contribution in [1.29, 1.82) is 0 Å². The molecule has 0 saturated heterocycles. The van der Waals surface area contributed by atoms with Crippen LogP contribution in [0.4, 0.5) is 52.7 Å². The van der Waals surface area contributed by atoms with E-state index in [4.69, 9.17) is 17.1 Å². The van der Waals surface area contributed by atoms with Crippen molar-refractivity contribution in [2.45, 2.75) is 101 Å². The molecule has 2 unspecified atom stereocenters. The Labute approximate surface area is 261 Å². The molecule has 1 heterocycles. The first kappa shape index (κ1) is 25.0. The number of rotatable bonds is 10. The molecular weight excluding hydrogens is 644 g/mol. The number of halogens is 12. The summed E-state index contributed by atoms with van der Waals surface area (Å²) >= 11 is 0. The highest BCUT2D eigenvalue weighted by atomic mass is 19.4. The molecule has 1 aliphatic carbocycles. The monoisotopic (exact) mass is 681 g/mol. The van der Waals surface area contributed by atoms with Crippen molar-refractivity contribution in [1.82, 2.24) is 0 Å². The summed E-state index contributed by atoms with van der Waals surface area (Å²) in [6.45, 7) is -12.4. The fourth-order valence-corrected chi connectivity index (χ4v) is 4.62. The molecule has 254 valence electrons. The van der Waals surface area contributed by atoms with Gasteiger partial charge in [0.15, 0.2) is 6.61 Å². The summed E-state index contributed by atoms with van der Waals surface area (Å²) in [5, 5.41) is 0. The van der Waals surface area contributed by atoms with E-state index in [1.54, 1.807) is 0 Å². The quantitative estimate of drug-likeness (QED) is 0.107. The van der Waals surface area contributed by atoms with Crippen LogP contribution in [-0.2, 0) is 20.7 Å². The first-order valence-electron chi connectivity index (χ1n) is 17.2. The molecule has 2 aliphatic rings. The largest absolute Gasteiger partial charge is 0.487 e. The van der Waals surface area contributed by atoms with Crippen LogP contribution in [-0.4, -0.2) is 54.3 Å². The number of carbonyl (C=O) groups excluding carboxylic acids is 2. The summed E-state index contributed by atoms with van der Waals surface area (Å²) in [5.74, 6) is -31.2. The number of aryl methyl sites for hydroxylation is 1. The number of hydrogen-bond donors (Lipinski definition) is 0. The molecular formula is C28H28F12O5. The van der Waals surface area contributed by atoms with Crippen molar-refractivity contribution < 1.29 is 88.8 Å². The van der Waals surface area contributed by atoms with Gasteiger partial charge in [-0.25, -0.2) is 9.59 Å². The third-order valence-corrected chi connectivity index (χ3v) is 6.99. The molecule has 45 heavy (non-hydrogen) atoms. The lowest BCUT2D eigenvalue weighted by Crippen LogP contribution is -2.57.